The number of carbonyl (C=O) groups excluding carboxylic acids is 1. The number of hydrogen-bond donors (Lipinski definition) is 2. The van der Waals surface area contributed by atoms with Crippen LogP contribution in [0, 0.1) is 5.92 Å². The lowest BCUT2D eigenvalue weighted by Crippen LogP contribution is -2.42. The number of H-pyrrole nitrogens is 1. The lowest BCUT2D eigenvalue weighted by atomic mass is 10.0. The third kappa shape index (κ3) is 3.62. The SMILES string of the molecule is CC(C)C[C@@H](N)C(=O)N(C)Cc1ncn[nH]1. The highest BCUT2D eigenvalue weighted by Crippen LogP contribution is 2.06. The molecule has 0 unspecified atom stereocenters. The molecule has 0 bridgehead atoms. The van der Waals surface area contributed by atoms with Gasteiger partial charge in [0, 0.05) is 7.05 Å². The van der Waals surface area contributed by atoms with Crippen LogP contribution in [0.4, 0.5) is 0 Å². The first-order valence-corrected chi connectivity index (χ1v) is 5.35. The van der Waals surface area contributed by atoms with Crippen LogP contribution in [-0.2, 0) is 11.3 Å². The fourth-order valence-electron chi connectivity index (χ4n) is 1.50. The van der Waals surface area contributed by atoms with Gasteiger partial charge in [0.1, 0.15) is 12.2 Å². The Labute approximate surface area is 95.2 Å². The summed E-state index contributed by atoms with van der Waals surface area (Å²) >= 11 is 0. The number of nitrogens with two attached hydrogens (primary N) is 1. The first kappa shape index (κ1) is 12.6. The molecule has 0 spiro atoms. The molecule has 16 heavy (non-hydrogen) atoms. The van der Waals surface area contributed by atoms with Gasteiger partial charge in [0.05, 0.1) is 12.6 Å². The Bertz CT molecular complexity index is 322. The zero-order chi connectivity index (χ0) is 12.1. The highest BCUT2D eigenvalue weighted by atomic mass is 16.2. The van der Waals surface area contributed by atoms with Crippen LogP contribution < -0.4 is 5.73 Å². The van der Waals surface area contributed by atoms with Crippen LogP contribution in [0.1, 0.15) is 26.1 Å². The Morgan fingerprint density at radius 2 is 2.31 bits per heavy atom. The maximum absolute atomic E-state index is 11.8. The highest BCUT2D eigenvalue weighted by Gasteiger charge is 2.19. The van der Waals surface area contributed by atoms with Crippen LogP contribution in [0.5, 0.6) is 0 Å². The van der Waals surface area contributed by atoms with Gasteiger partial charge < -0.3 is 10.6 Å². The minimum Gasteiger partial charge on any atom is -0.337 e. The topological polar surface area (TPSA) is 87.9 Å². The Morgan fingerprint density at radius 1 is 1.62 bits per heavy atom. The van der Waals surface area contributed by atoms with E-state index in [0.717, 1.165) is 0 Å². The van der Waals surface area contributed by atoms with E-state index in [1.54, 1.807) is 11.9 Å². The second kappa shape index (κ2) is 5.60. The van der Waals surface area contributed by atoms with Gasteiger partial charge in [-0.3, -0.25) is 9.89 Å². The molecule has 1 aromatic rings. The molecule has 1 heterocycles. The minimum atomic E-state index is -0.437. The minimum absolute atomic E-state index is 0.0647. The molecule has 1 aromatic heterocycles. The van der Waals surface area contributed by atoms with Gasteiger partial charge in [-0.05, 0) is 12.3 Å². The molecule has 0 fully saturated rings. The summed E-state index contributed by atoms with van der Waals surface area (Å²) in [7, 11) is 1.71. The van der Waals surface area contributed by atoms with E-state index in [2.05, 4.69) is 15.2 Å². The normalized spacial score (nSPS) is 12.8. The Morgan fingerprint density at radius 3 is 2.81 bits per heavy atom. The summed E-state index contributed by atoms with van der Waals surface area (Å²) in [6.07, 6.45) is 2.11. The highest BCUT2D eigenvalue weighted by molar-refractivity contribution is 5.81. The summed E-state index contributed by atoms with van der Waals surface area (Å²) in [4.78, 5) is 17.4. The summed E-state index contributed by atoms with van der Waals surface area (Å²) in [5.41, 5.74) is 5.81. The van der Waals surface area contributed by atoms with Crippen LogP contribution in [-0.4, -0.2) is 39.1 Å². The van der Waals surface area contributed by atoms with Crippen LogP contribution in [0.25, 0.3) is 0 Å². The number of likely N-dealkylation sites (N-methyl/N-ethyl adjacent to an activating group) is 1. The lowest BCUT2D eigenvalue weighted by molar-refractivity contribution is -0.132. The van der Waals surface area contributed by atoms with Crippen molar-refractivity contribution in [2.45, 2.75) is 32.9 Å². The van der Waals surface area contributed by atoms with Gasteiger partial charge in [0.25, 0.3) is 0 Å². The number of aromatic amines is 1. The Hall–Kier alpha value is -1.43. The smallest absolute Gasteiger partial charge is 0.239 e. The number of rotatable bonds is 5. The van der Waals surface area contributed by atoms with Gasteiger partial charge in [-0.15, -0.1) is 0 Å². The van der Waals surface area contributed by atoms with Crippen molar-refractivity contribution in [1.29, 1.82) is 0 Å². The first-order chi connectivity index (χ1) is 7.50. The number of carbonyl (C=O) groups is 1. The molecule has 90 valence electrons. The first-order valence-electron chi connectivity index (χ1n) is 5.35. The molecule has 6 nitrogen and oxygen atoms in total. The van der Waals surface area contributed by atoms with Crippen LogP contribution in [0.2, 0.25) is 0 Å². The molecule has 3 N–H and O–H groups in total. The van der Waals surface area contributed by atoms with E-state index in [0.29, 0.717) is 24.7 Å². The molecule has 1 rings (SSSR count). The number of nitrogens with one attached hydrogen (secondary N) is 1. The van der Waals surface area contributed by atoms with Crippen LogP contribution in [0.15, 0.2) is 6.33 Å². The molecule has 0 aliphatic rings. The van der Waals surface area contributed by atoms with Crippen molar-refractivity contribution in [2.75, 3.05) is 7.05 Å². The molecule has 0 saturated carbocycles. The molecular weight excluding hydrogens is 206 g/mol. The summed E-state index contributed by atoms with van der Waals surface area (Å²) in [6, 6.07) is -0.437. The molecule has 0 radical (unpaired) electrons. The van der Waals surface area contributed by atoms with E-state index < -0.39 is 6.04 Å². The molecule has 6 heteroatoms. The van der Waals surface area contributed by atoms with Crippen molar-refractivity contribution in [3.8, 4) is 0 Å². The number of nitrogens with zero attached hydrogens (tertiary/aromatic N) is 3. The van der Waals surface area contributed by atoms with E-state index >= 15 is 0 Å². The summed E-state index contributed by atoms with van der Waals surface area (Å²) in [5, 5.41) is 6.43. The summed E-state index contributed by atoms with van der Waals surface area (Å²) in [5.74, 6) is 1.01. The van der Waals surface area contributed by atoms with E-state index in [-0.39, 0.29) is 5.91 Å². The molecule has 0 aliphatic carbocycles. The monoisotopic (exact) mass is 225 g/mol. The molecular formula is C10H19N5O. The average molecular weight is 225 g/mol. The Balaban J connectivity index is 2.47. The number of amides is 1. The maximum Gasteiger partial charge on any atom is 0.239 e. The predicted octanol–water partition coefficient (Wildman–Crippen LogP) is 0.137. The van der Waals surface area contributed by atoms with Crippen molar-refractivity contribution in [3.05, 3.63) is 12.2 Å². The zero-order valence-electron chi connectivity index (χ0n) is 9.97. The van der Waals surface area contributed by atoms with Gasteiger partial charge in [0.15, 0.2) is 0 Å². The third-order valence-corrected chi connectivity index (χ3v) is 2.27. The van der Waals surface area contributed by atoms with E-state index in [4.69, 9.17) is 5.73 Å². The van der Waals surface area contributed by atoms with Crippen LogP contribution >= 0.6 is 0 Å². The van der Waals surface area contributed by atoms with Crippen molar-refractivity contribution < 1.29 is 4.79 Å². The molecule has 0 aliphatic heterocycles. The molecule has 1 atom stereocenters. The lowest BCUT2D eigenvalue weighted by Gasteiger charge is -2.21. The van der Waals surface area contributed by atoms with Crippen molar-refractivity contribution in [2.24, 2.45) is 11.7 Å². The van der Waals surface area contributed by atoms with Gasteiger partial charge in [0.2, 0.25) is 5.91 Å². The van der Waals surface area contributed by atoms with Gasteiger partial charge in [-0.25, -0.2) is 4.98 Å². The fraction of sp³-hybridized carbons (Fsp3) is 0.700. The third-order valence-electron chi connectivity index (χ3n) is 2.27. The largest absolute Gasteiger partial charge is 0.337 e. The second-order valence-electron chi connectivity index (χ2n) is 4.36. The number of aromatic nitrogens is 3. The second-order valence-corrected chi connectivity index (χ2v) is 4.36. The summed E-state index contributed by atoms with van der Waals surface area (Å²) < 4.78 is 0. The zero-order valence-corrected chi connectivity index (χ0v) is 9.97. The van der Waals surface area contributed by atoms with Gasteiger partial charge in [-0.1, -0.05) is 13.8 Å². The Kier molecular flexibility index (Phi) is 4.42. The predicted molar refractivity (Wildman–Crippen MR) is 60.3 cm³/mol. The maximum atomic E-state index is 11.8. The average Bonchev–Trinajstić information content (AvgIpc) is 2.68. The standard InChI is InChI=1S/C10H19N5O/c1-7(2)4-8(11)10(16)15(3)5-9-12-6-13-14-9/h6-8H,4-5,11H2,1-3H3,(H,12,13,14)/t8-/m1/s1. The van der Waals surface area contributed by atoms with Gasteiger partial charge >= 0.3 is 0 Å². The van der Waals surface area contributed by atoms with Crippen molar-refractivity contribution in [1.82, 2.24) is 20.1 Å². The quantitative estimate of drug-likeness (QED) is 0.746. The molecule has 0 saturated heterocycles. The van der Waals surface area contributed by atoms with Crippen molar-refractivity contribution in [3.63, 3.8) is 0 Å². The fourth-order valence-corrected chi connectivity index (χ4v) is 1.50. The van der Waals surface area contributed by atoms with Gasteiger partial charge in [-0.2, -0.15) is 5.10 Å². The van der Waals surface area contributed by atoms with E-state index in [1.165, 1.54) is 6.33 Å². The van der Waals surface area contributed by atoms with Crippen molar-refractivity contribution >= 4 is 5.91 Å². The summed E-state index contributed by atoms with van der Waals surface area (Å²) in [6.45, 7) is 4.50. The molecule has 1 amide bonds. The molecule has 0 aromatic carbocycles. The van der Waals surface area contributed by atoms with E-state index in [1.807, 2.05) is 13.8 Å². The van der Waals surface area contributed by atoms with E-state index in [9.17, 15) is 4.79 Å². The van der Waals surface area contributed by atoms with Crippen LogP contribution in [0.3, 0.4) is 0 Å². The number of hydrogen-bond acceptors (Lipinski definition) is 4.